The van der Waals surface area contributed by atoms with E-state index in [0.717, 1.165) is 32.8 Å². The highest BCUT2D eigenvalue weighted by molar-refractivity contribution is 6.36. The van der Waals surface area contributed by atoms with Crippen molar-refractivity contribution in [3.8, 4) is 17.0 Å². The SMILES string of the molecule is COc1c(-c2ccc[nH]2)cc(Cl)c2ccccc12. The van der Waals surface area contributed by atoms with Gasteiger partial charge in [0.15, 0.2) is 0 Å². The molecular formula is C15H12ClNO. The number of methoxy groups -OCH3 is 1. The number of aromatic nitrogens is 1. The zero-order chi connectivity index (χ0) is 12.5. The average molecular weight is 258 g/mol. The van der Waals surface area contributed by atoms with Crippen LogP contribution >= 0.6 is 11.6 Å². The summed E-state index contributed by atoms with van der Waals surface area (Å²) in [6, 6.07) is 13.9. The molecule has 0 saturated heterocycles. The Kier molecular flexibility index (Phi) is 2.73. The normalized spacial score (nSPS) is 10.8. The lowest BCUT2D eigenvalue weighted by atomic mass is 10.0. The highest BCUT2D eigenvalue weighted by atomic mass is 35.5. The van der Waals surface area contributed by atoms with Crippen LogP contribution in [0.3, 0.4) is 0 Å². The van der Waals surface area contributed by atoms with Crippen LogP contribution in [0.15, 0.2) is 48.7 Å². The van der Waals surface area contributed by atoms with Crippen molar-refractivity contribution in [2.45, 2.75) is 0 Å². The molecule has 3 heteroatoms. The Morgan fingerprint density at radius 2 is 1.83 bits per heavy atom. The van der Waals surface area contributed by atoms with Gasteiger partial charge >= 0.3 is 0 Å². The summed E-state index contributed by atoms with van der Waals surface area (Å²) in [7, 11) is 1.68. The number of rotatable bonds is 2. The summed E-state index contributed by atoms with van der Waals surface area (Å²) in [4.78, 5) is 3.18. The summed E-state index contributed by atoms with van der Waals surface area (Å²) >= 11 is 6.34. The van der Waals surface area contributed by atoms with Crippen LogP contribution < -0.4 is 4.74 Å². The molecule has 0 spiro atoms. The van der Waals surface area contributed by atoms with Crippen molar-refractivity contribution < 1.29 is 4.74 Å². The van der Waals surface area contributed by atoms with Crippen molar-refractivity contribution in [3.05, 3.63) is 53.7 Å². The van der Waals surface area contributed by atoms with Crippen LogP contribution in [0, 0.1) is 0 Å². The van der Waals surface area contributed by atoms with Crippen LogP contribution in [-0.2, 0) is 0 Å². The monoisotopic (exact) mass is 257 g/mol. The molecule has 0 atom stereocenters. The zero-order valence-corrected chi connectivity index (χ0v) is 10.7. The summed E-state index contributed by atoms with van der Waals surface area (Å²) in [5, 5.41) is 2.76. The van der Waals surface area contributed by atoms with Crippen molar-refractivity contribution in [1.82, 2.24) is 4.98 Å². The lowest BCUT2D eigenvalue weighted by Gasteiger charge is -2.12. The first-order valence-corrected chi connectivity index (χ1v) is 6.08. The summed E-state index contributed by atoms with van der Waals surface area (Å²) in [5.41, 5.74) is 1.98. The molecule has 0 aliphatic heterocycles. The highest BCUT2D eigenvalue weighted by Gasteiger charge is 2.13. The average Bonchev–Trinajstić information content (AvgIpc) is 2.92. The van der Waals surface area contributed by atoms with E-state index in [1.54, 1.807) is 7.11 Å². The van der Waals surface area contributed by atoms with Gasteiger partial charge in [0.25, 0.3) is 0 Å². The van der Waals surface area contributed by atoms with E-state index in [-0.39, 0.29) is 0 Å². The smallest absolute Gasteiger partial charge is 0.136 e. The molecule has 3 aromatic rings. The fourth-order valence-electron chi connectivity index (χ4n) is 2.22. The van der Waals surface area contributed by atoms with E-state index in [4.69, 9.17) is 16.3 Å². The fourth-order valence-corrected chi connectivity index (χ4v) is 2.50. The van der Waals surface area contributed by atoms with Gasteiger partial charge in [-0.3, -0.25) is 0 Å². The molecule has 3 rings (SSSR count). The van der Waals surface area contributed by atoms with E-state index in [1.165, 1.54) is 0 Å². The molecule has 0 amide bonds. The Morgan fingerprint density at radius 3 is 2.50 bits per heavy atom. The predicted molar refractivity (Wildman–Crippen MR) is 75.3 cm³/mol. The van der Waals surface area contributed by atoms with Crippen LogP contribution in [0.25, 0.3) is 22.0 Å². The molecule has 0 unspecified atom stereocenters. The van der Waals surface area contributed by atoms with Gasteiger partial charge in [-0.25, -0.2) is 0 Å². The fraction of sp³-hybridized carbons (Fsp3) is 0.0667. The van der Waals surface area contributed by atoms with Gasteiger partial charge in [0.05, 0.1) is 7.11 Å². The summed E-state index contributed by atoms with van der Waals surface area (Å²) in [6.45, 7) is 0. The molecule has 2 nitrogen and oxygen atoms in total. The molecular weight excluding hydrogens is 246 g/mol. The standard InChI is InChI=1S/C15H12ClNO/c1-18-15-11-6-3-2-5-10(11)13(16)9-12(15)14-7-4-8-17-14/h2-9,17H,1H3. The van der Waals surface area contributed by atoms with E-state index < -0.39 is 0 Å². The maximum Gasteiger partial charge on any atom is 0.136 e. The Morgan fingerprint density at radius 1 is 1.06 bits per heavy atom. The summed E-state index contributed by atoms with van der Waals surface area (Å²) in [6.07, 6.45) is 1.89. The number of H-pyrrole nitrogens is 1. The van der Waals surface area contributed by atoms with Crippen molar-refractivity contribution >= 4 is 22.4 Å². The van der Waals surface area contributed by atoms with E-state index >= 15 is 0 Å². The topological polar surface area (TPSA) is 25.0 Å². The van der Waals surface area contributed by atoms with Crippen LogP contribution in [0.5, 0.6) is 5.75 Å². The molecule has 0 saturated carbocycles. The third-order valence-corrected chi connectivity index (χ3v) is 3.35. The number of ether oxygens (including phenoxy) is 1. The molecule has 2 aromatic carbocycles. The van der Waals surface area contributed by atoms with E-state index in [9.17, 15) is 0 Å². The van der Waals surface area contributed by atoms with Gasteiger partial charge in [-0.1, -0.05) is 35.9 Å². The molecule has 0 radical (unpaired) electrons. The number of hydrogen-bond acceptors (Lipinski definition) is 1. The van der Waals surface area contributed by atoms with E-state index in [2.05, 4.69) is 4.98 Å². The van der Waals surface area contributed by atoms with Crippen LogP contribution in [0.1, 0.15) is 0 Å². The largest absolute Gasteiger partial charge is 0.495 e. The van der Waals surface area contributed by atoms with Gasteiger partial charge in [0.2, 0.25) is 0 Å². The maximum absolute atomic E-state index is 6.34. The molecule has 1 aromatic heterocycles. The molecule has 18 heavy (non-hydrogen) atoms. The molecule has 1 heterocycles. The first kappa shape index (κ1) is 11.2. The van der Waals surface area contributed by atoms with Gasteiger partial charge in [0.1, 0.15) is 5.75 Å². The van der Waals surface area contributed by atoms with Gasteiger partial charge in [-0.15, -0.1) is 0 Å². The molecule has 1 N–H and O–H groups in total. The minimum absolute atomic E-state index is 0.732. The van der Waals surface area contributed by atoms with Crippen molar-refractivity contribution in [1.29, 1.82) is 0 Å². The second-order valence-corrected chi connectivity index (χ2v) is 4.48. The first-order valence-electron chi connectivity index (χ1n) is 5.70. The molecule has 0 fully saturated rings. The molecule has 0 bridgehead atoms. The Balaban J connectivity index is 2.39. The predicted octanol–water partition coefficient (Wildman–Crippen LogP) is 4.50. The lowest BCUT2D eigenvalue weighted by Crippen LogP contribution is -1.90. The van der Waals surface area contributed by atoms with Gasteiger partial charge in [0, 0.05) is 33.2 Å². The number of aromatic amines is 1. The van der Waals surface area contributed by atoms with Gasteiger partial charge in [-0.2, -0.15) is 0 Å². The van der Waals surface area contributed by atoms with Crippen LogP contribution in [0.2, 0.25) is 5.02 Å². The number of nitrogens with one attached hydrogen (secondary N) is 1. The van der Waals surface area contributed by atoms with Crippen LogP contribution in [-0.4, -0.2) is 12.1 Å². The van der Waals surface area contributed by atoms with Crippen molar-refractivity contribution in [3.63, 3.8) is 0 Å². The van der Waals surface area contributed by atoms with E-state index in [0.29, 0.717) is 0 Å². The quantitative estimate of drug-likeness (QED) is 0.719. The minimum Gasteiger partial charge on any atom is -0.495 e. The molecule has 0 aliphatic rings. The number of benzene rings is 2. The number of hydrogen-bond donors (Lipinski definition) is 1. The molecule has 90 valence electrons. The van der Waals surface area contributed by atoms with Gasteiger partial charge < -0.3 is 9.72 Å². The van der Waals surface area contributed by atoms with Crippen LogP contribution in [0.4, 0.5) is 0 Å². The zero-order valence-electron chi connectivity index (χ0n) is 9.91. The van der Waals surface area contributed by atoms with Crippen molar-refractivity contribution in [2.24, 2.45) is 0 Å². The minimum atomic E-state index is 0.732. The first-order chi connectivity index (χ1) is 8.81. The third kappa shape index (κ3) is 1.66. The highest BCUT2D eigenvalue weighted by Crippen LogP contribution is 2.39. The number of halogens is 1. The third-order valence-electron chi connectivity index (χ3n) is 3.04. The Hall–Kier alpha value is -1.93. The summed E-state index contributed by atoms with van der Waals surface area (Å²) in [5.74, 6) is 0.845. The van der Waals surface area contributed by atoms with Crippen molar-refractivity contribution in [2.75, 3.05) is 7.11 Å². The maximum atomic E-state index is 6.34. The van der Waals surface area contributed by atoms with Gasteiger partial charge in [-0.05, 0) is 18.2 Å². The second-order valence-electron chi connectivity index (χ2n) is 4.07. The lowest BCUT2D eigenvalue weighted by molar-refractivity contribution is 0.421. The number of fused-ring (bicyclic) bond motifs is 1. The Bertz CT molecular complexity index is 689. The Labute approximate surface area is 110 Å². The second kappa shape index (κ2) is 4.39. The molecule has 0 aliphatic carbocycles. The van der Waals surface area contributed by atoms with E-state index in [1.807, 2.05) is 48.7 Å². The summed E-state index contributed by atoms with van der Waals surface area (Å²) < 4.78 is 5.56.